The number of hydrogen-bond donors (Lipinski definition) is 0. The fraction of sp³-hybridized carbons (Fsp3) is 0.350. The number of rotatable bonds is 7. The predicted molar refractivity (Wildman–Crippen MR) is 105 cm³/mol. The van der Waals surface area contributed by atoms with Crippen LogP contribution < -0.4 is 9.47 Å². The van der Waals surface area contributed by atoms with Crippen molar-refractivity contribution in [3.8, 4) is 11.5 Å². The zero-order valence-corrected chi connectivity index (χ0v) is 16.4. The first-order valence-electron chi connectivity index (χ1n) is 8.72. The van der Waals surface area contributed by atoms with Gasteiger partial charge in [0.25, 0.3) is 0 Å². The number of halogens is 2. The number of carbonyl (C=O) groups excluding carboxylic acids is 1. The van der Waals surface area contributed by atoms with Crippen molar-refractivity contribution in [3.63, 3.8) is 0 Å². The van der Waals surface area contributed by atoms with Crippen LogP contribution in [0, 0.1) is 0 Å². The monoisotopic (exact) mass is 409 g/mol. The van der Waals surface area contributed by atoms with Gasteiger partial charge >= 0.3 is 12.3 Å². The molecule has 3 rings (SSSR count). The lowest BCUT2D eigenvalue weighted by Crippen LogP contribution is -2.38. The summed E-state index contributed by atoms with van der Waals surface area (Å²) in [6.07, 6.45) is 0.869. The summed E-state index contributed by atoms with van der Waals surface area (Å²) in [5.41, 5.74) is 0. The van der Waals surface area contributed by atoms with Gasteiger partial charge in [0.2, 0.25) is 0 Å². The molecule has 2 aromatic rings. The van der Waals surface area contributed by atoms with E-state index in [1.807, 2.05) is 7.05 Å². The Morgan fingerprint density at radius 2 is 1.56 bits per heavy atom. The summed E-state index contributed by atoms with van der Waals surface area (Å²) in [5.74, 6) is 0.321. The van der Waals surface area contributed by atoms with Crippen LogP contribution in [0.15, 0.2) is 48.5 Å². The average molecular weight is 410 g/mol. The SMILES string of the molecule is CN1CCC[C@H]1COC(=O)C(Oc1ccc(Cl)cc1)Oc1ccc(Cl)cc1. The van der Waals surface area contributed by atoms with Crippen molar-refractivity contribution in [1.82, 2.24) is 4.90 Å². The Balaban J connectivity index is 1.68. The van der Waals surface area contributed by atoms with E-state index in [1.165, 1.54) is 0 Å². The normalized spacial score (nSPS) is 17.1. The second-order valence-corrected chi connectivity index (χ2v) is 7.26. The van der Waals surface area contributed by atoms with Crippen LogP contribution in [0.5, 0.6) is 11.5 Å². The molecule has 0 saturated carbocycles. The Hall–Kier alpha value is -1.95. The van der Waals surface area contributed by atoms with Gasteiger partial charge in [-0.15, -0.1) is 0 Å². The summed E-state index contributed by atoms with van der Waals surface area (Å²) in [6.45, 7) is 1.31. The van der Waals surface area contributed by atoms with E-state index < -0.39 is 12.3 Å². The Morgan fingerprint density at radius 3 is 2.00 bits per heavy atom. The lowest BCUT2D eigenvalue weighted by Gasteiger charge is -2.22. The van der Waals surface area contributed by atoms with Gasteiger partial charge in [0, 0.05) is 16.1 Å². The molecule has 2 aromatic carbocycles. The number of likely N-dealkylation sites (tertiary alicyclic amines) is 1. The standard InChI is InChI=1S/C20H21Cl2NO4/c1-23-12-2-3-16(23)13-25-19(24)20(26-17-8-4-14(21)5-9-17)27-18-10-6-15(22)7-11-18/h4-11,16,20H,2-3,12-13H2,1H3/t16-/m0/s1. The molecular formula is C20H21Cl2NO4. The number of likely N-dealkylation sites (N-methyl/N-ethyl adjacent to an activating group) is 1. The van der Waals surface area contributed by atoms with Crippen molar-refractivity contribution in [2.45, 2.75) is 25.2 Å². The molecule has 5 nitrogen and oxygen atoms in total. The maximum atomic E-state index is 12.6. The molecule has 0 aromatic heterocycles. The molecule has 144 valence electrons. The molecule has 0 N–H and O–H groups in total. The summed E-state index contributed by atoms with van der Waals surface area (Å²) >= 11 is 11.8. The Morgan fingerprint density at radius 1 is 1.04 bits per heavy atom. The van der Waals surface area contributed by atoms with Crippen molar-refractivity contribution in [3.05, 3.63) is 58.6 Å². The second-order valence-electron chi connectivity index (χ2n) is 6.38. The fourth-order valence-corrected chi connectivity index (χ4v) is 3.08. The number of nitrogens with zero attached hydrogens (tertiary/aromatic N) is 1. The van der Waals surface area contributed by atoms with Crippen LogP contribution in [-0.4, -0.2) is 43.4 Å². The van der Waals surface area contributed by atoms with E-state index >= 15 is 0 Å². The fourth-order valence-electron chi connectivity index (χ4n) is 2.83. The third kappa shape index (κ3) is 5.76. The second kappa shape index (κ2) is 9.31. The number of ether oxygens (including phenoxy) is 3. The molecule has 0 radical (unpaired) electrons. The molecule has 0 spiro atoms. The van der Waals surface area contributed by atoms with Crippen molar-refractivity contribution in [1.29, 1.82) is 0 Å². The highest BCUT2D eigenvalue weighted by molar-refractivity contribution is 6.30. The molecule has 1 aliphatic rings. The Kier molecular flexibility index (Phi) is 6.83. The molecule has 1 atom stereocenters. The number of carbonyl (C=O) groups is 1. The highest BCUT2D eigenvalue weighted by Gasteiger charge is 2.28. The molecule has 27 heavy (non-hydrogen) atoms. The summed E-state index contributed by atoms with van der Waals surface area (Å²) in [4.78, 5) is 14.8. The highest BCUT2D eigenvalue weighted by atomic mass is 35.5. The largest absolute Gasteiger partial charge is 0.459 e. The molecule has 7 heteroatoms. The van der Waals surface area contributed by atoms with Crippen LogP contribution in [0.25, 0.3) is 0 Å². The van der Waals surface area contributed by atoms with Gasteiger partial charge in [0.05, 0.1) is 0 Å². The summed E-state index contributed by atoms with van der Waals surface area (Å²) in [5, 5.41) is 1.15. The lowest BCUT2D eigenvalue weighted by atomic mass is 10.2. The van der Waals surface area contributed by atoms with Crippen LogP contribution in [0.3, 0.4) is 0 Å². The van der Waals surface area contributed by atoms with E-state index in [9.17, 15) is 4.79 Å². The van der Waals surface area contributed by atoms with Crippen LogP contribution in [0.4, 0.5) is 0 Å². The Bertz CT molecular complexity index is 704. The smallest absolute Gasteiger partial charge is 0.389 e. The summed E-state index contributed by atoms with van der Waals surface area (Å²) in [6, 6.07) is 13.6. The van der Waals surface area contributed by atoms with Crippen molar-refractivity contribution in [2.75, 3.05) is 20.2 Å². The van der Waals surface area contributed by atoms with Gasteiger partial charge in [-0.2, -0.15) is 0 Å². The lowest BCUT2D eigenvalue weighted by molar-refractivity contribution is -0.167. The molecular weight excluding hydrogens is 389 g/mol. The van der Waals surface area contributed by atoms with E-state index in [1.54, 1.807) is 48.5 Å². The first-order chi connectivity index (χ1) is 13.0. The van der Waals surface area contributed by atoms with Gasteiger partial charge in [-0.05, 0) is 75.0 Å². The minimum atomic E-state index is -1.24. The van der Waals surface area contributed by atoms with Crippen molar-refractivity contribution >= 4 is 29.2 Å². The maximum absolute atomic E-state index is 12.6. The zero-order valence-electron chi connectivity index (χ0n) is 14.9. The van der Waals surface area contributed by atoms with Gasteiger partial charge in [0.1, 0.15) is 18.1 Å². The molecule has 1 heterocycles. The van der Waals surface area contributed by atoms with E-state index in [4.69, 9.17) is 37.4 Å². The van der Waals surface area contributed by atoms with Crippen LogP contribution in [-0.2, 0) is 9.53 Å². The van der Waals surface area contributed by atoms with Crippen molar-refractivity contribution in [2.24, 2.45) is 0 Å². The number of hydrogen-bond acceptors (Lipinski definition) is 5. The van der Waals surface area contributed by atoms with E-state index in [2.05, 4.69) is 4.90 Å². The quantitative estimate of drug-likeness (QED) is 0.500. The van der Waals surface area contributed by atoms with Crippen LogP contribution in [0.1, 0.15) is 12.8 Å². The molecule has 1 fully saturated rings. The number of benzene rings is 2. The van der Waals surface area contributed by atoms with E-state index in [0.717, 1.165) is 19.4 Å². The molecule has 0 bridgehead atoms. The van der Waals surface area contributed by atoms with Gasteiger partial charge in [-0.25, -0.2) is 4.79 Å². The first-order valence-corrected chi connectivity index (χ1v) is 9.48. The molecule has 0 aliphatic carbocycles. The third-order valence-electron chi connectivity index (χ3n) is 4.40. The summed E-state index contributed by atoms with van der Waals surface area (Å²) < 4.78 is 16.9. The third-order valence-corrected chi connectivity index (χ3v) is 4.90. The first kappa shape index (κ1) is 19.8. The molecule has 0 amide bonds. The van der Waals surface area contributed by atoms with Gasteiger partial charge in [-0.1, -0.05) is 23.2 Å². The van der Waals surface area contributed by atoms with Crippen molar-refractivity contribution < 1.29 is 19.0 Å². The van der Waals surface area contributed by atoms with Gasteiger partial charge in [-0.3, -0.25) is 0 Å². The average Bonchev–Trinajstić information content (AvgIpc) is 3.07. The number of esters is 1. The topological polar surface area (TPSA) is 48.0 Å². The van der Waals surface area contributed by atoms with Gasteiger partial charge < -0.3 is 19.1 Å². The van der Waals surface area contributed by atoms with Gasteiger partial charge in [0.15, 0.2) is 0 Å². The highest BCUT2D eigenvalue weighted by Crippen LogP contribution is 2.22. The minimum Gasteiger partial charge on any atom is -0.459 e. The minimum absolute atomic E-state index is 0.223. The van der Waals surface area contributed by atoms with E-state index in [0.29, 0.717) is 28.2 Å². The zero-order chi connectivity index (χ0) is 19.2. The molecule has 1 aliphatic heterocycles. The molecule has 1 saturated heterocycles. The Labute approximate surface area is 168 Å². The summed E-state index contributed by atoms with van der Waals surface area (Å²) in [7, 11) is 2.03. The maximum Gasteiger partial charge on any atom is 0.389 e. The predicted octanol–water partition coefficient (Wildman–Crippen LogP) is 4.41. The van der Waals surface area contributed by atoms with Crippen LogP contribution >= 0.6 is 23.2 Å². The van der Waals surface area contributed by atoms with E-state index in [-0.39, 0.29) is 6.04 Å². The van der Waals surface area contributed by atoms with Crippen LogP contribution in [0.2, 0.25) is 10.0 Å². The molecule has 0 unspecified atom stereocenters.